The van der Waals surface area contributed by atoms with Crippen molar-refractivity contribution in [3.8, 4) is 5.69 Å². The molecule has 1 aromatic carbocycles. The predicted molar refractivity (Wildman–Crippen MR) is 58.1 cm³/mol. The topological polar surface area (TPSA) is 17.8 Å². The van der Waals surface area contributed by atoms with Crippen molar-refractivity contribution in [2.45, 2.75) is 5.88 Å². The van der Waals surface area contributed by atoms with Crippen LogP contribution in [0.1, 0.15) is 5.56 Å². The first-order valence-electron chi connectivity index (χ1n) is 4.15. The van der Waals surface area contributed by atoms with E-state index in [1.54, 1.807) is 10.9 Å². The Labute approximate surface area is 92.1 Å². The molecule has 0 aliphatic carbocycles. The molecule has 0 saturated heterocycles. The normalized spacial score (nSPS) is 10.4. The summed E-state index contributed by atoms with van der Waals surface area (Å²) in [4.78, 5) is 0. The van der Waals surface area contributed by atoms with E-state index in [-0.39, 0.29) is 0 Å². The molecule has 0 aliphatic heterocycles. The molecule has 0 bridgehead atoms. The van der Waals surface area contributed by atoms with Gasteiger partial charge < -0.3 is 0 Å². The fourth-order valence-corrected chi connectivity index (χ4v) is 1.67. The molecule has 0 amide bonds. The van der Waals surface area contributed by atoms with Crippen molar-refractivity contribution >= 4 is 23.2 Å². The lowest BCUT2D eigenvalue weighted by Gasteiger charge is -2.07. The second-order valence-electron chi connectivity index (χ2n) is 2.86. The molecule has 1 aromatic heterocycles. The molecule has 1 heterocycles. The number of benzene rings is 1. The molecule has 2 aromatic rings. The standard InChI is InChI=1S/C10H8Cl2N2/c11-7-8-2-3-9(12)6-10(8)14-5-1-4-13-14/h1-6H,7H2. The van der Waals surface area contributed by atoms with E-state index in [4.69, 9.17) is 23.2 Å². The van der Waals surface area contributed by atoms with E-state index in [9.17, 15) is 0 Å². The van der Waals surface area contributed by atoms with Gasteiger partial charge in [0.15, 0.2) is 0 Å². The molecule has 72 valence electrons. The lowest BCUT2D eigenvalue weighted by atomic mass is 10.2. The van der Waals surface area contributed by atoms with E-state index in [1.165, 1.54) is 0 Å². The highest BCUT2D eigenvalue weighted by atomic mass is 35.5. The fourth-order valence-electron chi connectivity index (χ4n) is 1.27. The molecule has 0 spiro atoms. The number of alkyl halides is 1. The third-order valence-electron chi connectivity index (χ3n) is 1.94. The second-order valence-corrected chi connectivity index (χ2v) is 3.56. The molecular weight excluding hydrogens is 219 g/mol. The van der Waals surface area contributed by atoms with Gasteiger partial charge in [0.05, 0.1) is 5.69 Å². The highest BCUT2D eigenvalue weighted by Gasteiger charge is 2.04. The Balaban J connectivity index is 2.55. The number of hydrogen-bond acceptors (Lipinski definition) is 1. The van der Waals surface area contributed by atoms with Crippen LogP contribution in [-0.2, 0) is 5.88 Å². The van der Waals surface area contributed by atoms with Gasteiger partial charge in [-0.05, 0) is 23.8 Å². The first kappa shape index (κ1) is 9.56. The fraction of sp³-hybridized carbons (Fsp3) is 0.100. The molecule has 0 aliphatic rings. The molecule has 0 radical (unpaired) electrons. The minimum Gasteiger partial charge on any atom is -0.241 e. The van der Waals surface area contributed by atoms with Gasteiger partial charge in [-0.1, -0.05) is 17.7 Å². The zero-order chi connectivity index (χ0) is 9.97. The molecular formula is C10H8Cl2N2. The average molecular weight is 227 g/mol. The Morgan fingerprint density at radius 1 is 1.36 bits per heavy atom. The predicted octanol–water partition coefficient (Wildman–Crippen LogP) is 3.26. The van der Waals surface area contributed by atoms with Crippen LogP contribution in [0.25, 0.3) is 5.69 Å². The van der Waals surface area contributed by atoms with Crippen molar-refractivity contribution in [1.29, 1.82) is 0 Å². The van der Waals surface area contributed by atoms with E-state index in [1.807, 2.05) is 30.5 Å². The number of rotatable bonds is 2. The van der Waals surface area contributed by atoms with Crippen molar-refractivity contribution in [3.05, 3.63) is 47.2 Å². The summed E-state index contributed by atoms with van der Waals surface area (Å²) in [5.74, 6) is 0.451. The van der Waals surface area contributed by atoms with Gasteiger partial charge in [0, 0.05) is 23.3 Å². The largest absolute Gasteiger partial charge is 0.241 e. The molecule has 0 atom stereocenters. The van der Waals surface area contributed by atoms with Crippen molar-refractivity contribution in [3.63, 3.8) is 0 Å². The Morgan fingerprint density at radius 2 is 2.21 bits per heavy atom. The second kappa shape index (κ2) is 4.03. The van der Waals surface area contributed by atoms with E-state index >= 15 is 0 Å². The summed E-state index contributed by atoms with van der Waals surface area (Å²) in [6.45, 7) is 0. The Hall–Kier alpha value is -0.990. The van der Waals surface area contributed by atoms with Gasteiger partial charge in [0.25, 0.3) is 0 Å². The summed E-state index contributed by atoms with van der Waals surface area (Å²) in [6.07, 6.45) is 3.58. The van der Waals surface area contributed by atoms with Crippen LogP contribution in [0.2, 0.25) is 5.02 Å². The molecule has 2 rings (SSSR count). The van der Waals surface area contributed by atoms with Crippen LogP contribution in [0, 0.1) is 0 Å². The molecule has 0 N–H and O–H groups in total. The number of aromatic nitrogens is 2. The third-order valence-corrected chi connectivity index (χ3v) is 2.47. The van der Waals surface area contributed by atoms with E-state index in [0.29, 0.717) is 10.9 Å². The van der Waals surface area contributed by atoms with E-state index < -0.39 is 0 Å². The van der Waals surface area contributed by atoms with Crippen LogP contribution in [0.4, 0.5) is 0 Å². The highest BCUT2D eigenvalue weighted by molar-refractivity contribution is 6.30. The maximum atomic E-state index is 5.91. The summed E-state index contributed by atoms with van der Waals surface area (Å²) >= 11 is 11.7. The summed E-state index contributed by atoms with van der Waals surface area (Å²) in [6, 6.07) is 7.45. The van der Waals surface area contributed by atoms with E-state index in [2.05, 4.69) is 5.10 Å². The summed E-state index contributed by atoms with van der Waals surface area (Å²) in [5.41, 5.74) is 1.94. The van der Waals surface area contributed by atoms with Crippen LogP contribution < -0.4 is 0 Å². The van der Waals surface area contributed by atoms with Gasteiger partial charge in [-0.2, -0.15) is 5.10 Å². The van der Waals surface area contributed by atoms with Crippen molar-refractivity contribution < 1.29 is 0 Å². The maximum absolute atomic E-state index is 5.91. The Morgan fingerprint density at radius 3 is 2.86 bits per heavy atom. The van der Waals surface area contributed by atoms with Crippen LogP contribution in [0.15, 0.2) is 36.7 Å². The van der Waals surface area contributed by atoms with Crippen molar-refractivity contribution in [2.75, 3.05) is 0 Å². The van der Waals surface area contributed by atoms with E-state index in [0.717, 1.165) is 11.3 Å². The molecule has 14 heavy (non-hydrogen) atoms. The SMILES string of the molecule is ClCc1ccc(Cl)cc1-n1cccn1. The molecule has 0 unspecified atom stereocenters. The van der Waals surface area contributed by atoms with Crippen LogP contribution in [0.5, 0.6) is 0 Å². The van der Waals surface area contributed by atoms with Gasteiger partial charge in [-0.15, -0.1) is 11.6 Å². The molecule has 4 heteroatoms. The zero-order valence-electron chi connectivity index (χ0n) is 7.32. The average Bonchev–Trinajstić information content (AvgIpc) is 2.70. The maximum Gasteiger partial charge on any atom is 0.0704 e. The van der Waals surface area contributed by atoms with Crippen molar-refractivity contribution in [2.24, 2.45) is 0 Å². The summed E-state index contributed by atoms with van der Waals surface area (Å²) < 4.78 is 1.75. The van der Waals surface area contributed by atoms with Crippen LogP contribution in [0.3, 0.4) is 0 Å². The van der Waals surface area contributed by atoms with Crippen LogP contribution >= 0.6 is 23.2 Å². The highest BCUT2D eigenvalue weighted by Crippen LogP contribution is 2.20. The first-order chi connectivity index (χ1) is 6.81. The van der Waals surface area contributed by atoms with Crippen molar-refractivity contribution in [1.82, 2.24) is 9.78 Å². The molecule has 0 fully saturated rings. The quantitative estimate of drug-likeness (QED) is 0.720. The molecule has 2 nitrogen and oxygen atoms in total. The summed E-state index contributed by atoms with van der Waals surface area (Å²) in [5, 5.41) is 4.82. The Bertz CT molecular complexity index is 424. The minimum atomic E-state index is 0.451. The number of halogens is 2. The monoisotopic (exact) mass is 226 g/mol. The van der Waals surface area contributed by atoms with Crippen LogP contribution in [-0.4, -0.2) is 9.78 Å². The van der Waals surface area contributed by atoms with Gasteiger partial charge in [-0.3, -0.25) is 0 Å². The third kappa shape index (κ3) is 1.76. The number of nitrogens with zero attached hydrogens (tertiary/aromatic N) is 2. The lowest BCUT2D eigenvalue weighted by molar-refractivity contribution is 0.871. The first-order valence-corrected chi connectivity index (χ1v) is 5.07. The lowest BCUT2D eigenvalue weighted by Crippen LogP contribution is -1.98. The zero-order valence-corrected chi connectivity index (χ0v) is 8.83. The Kier molecular flexibility index (Phi) is 2.75. The molecule has 0 saturated carbocycles. The minimum absolute atomic E-state index is 0.451. The van der Waals surface area contributed by atoms with Gasteiger partial charge in [0.1, 0.15) is 0 Å². The smallest absolute Gasteiger partial charge is 0.0704 e. The van der Waals surface area contributed by atoms with Gasteiger partial charge in [0.2, 0.25) is 0 Å². The van der Waals surface area contributed by atoms with Gasteiger partial charge in [-0.25, -0.2) is 4.68 Å². The number of hydrogen-bond donors (Lipinski definition) is 0. The summed E-state index contributed by atoms with van der Waals surface area (Å²) in [7, 11) is 0. The van der Waals surface area contributed by atoms with Gasteiger partial charge >= 0.3 is 0 Å².